The summed E-state index contributed by atoms with van der Waals surface area (Å²) in [4.78, 5) is 5.05. The fraction of sp³-hybridized carbons (Fsp3) is 0.0270. The summed E-state index contributed by atoms with van der Waals surface area (Å²) in [5.74, 6) is 0. The standard InChI is InChI=1S/C37H29BN2/c1-28-16-14-27-35-37(28)40(32-23-12-5-13-24-32)38(39(35)31-21-10-4-11-22-31)36-33(29-17-6-2-7-18-29)25-15-26-34(36)30-19-8-3-9-20-30/h2-27H,1H3. The van der Waals surface area contributed by atoms with Crippen molar-refractivity contribution in [2.45, 2.75) is 6.92 Å². The van der Waals surface area contributed by atoms with Gasteiger partial charge in [0.15, 0.2) is 0 Å². The topological polar surface area (TPSA) is 6.48 Å². The minimum absolute atomic E-state index is 0.118. The van der Waals surface area contributed by atoms with Crippen LogP contribution >= 0.6 is 0 Å². The first kappa shape index (κ1) is 24.1. The summed E-state index contributed by atoms with van der Waals surface area (Å²) in [6.07, 6.45) is 0. The quantitative estimate of drug-likeness (QED) is 0.213. The lowest BCUT2D eigenvalue weighted by atomic mass is 9.59. The van der Waals surface area contributed by atoms with Crippen LogP contribution in [-0.2, 0) is 0 Å². The van der Waals surface area contributed by atoms with Crippen molar-refractivity contribution in [1.82, 2.24) is 0 Å². The Hall–Kier alpha value is -5.02. The van der Waals surface area contributed by atoms with E-state index < -0.39 is 0 Å². The van der Waals surface area contributed by atoms with E-state index in [1.807, 2.05) is 0 Å². The third-order valence-electron chi connectivity index (χ3n) is 7.81. The Kier molecular flexibility index (Phi) is 6.18. The molecule has 6 aromatic carbocycles. The van der Waals surface area contributed by atoms with Crippen molar-refractivity contribution in [3.63, 3.8) is 0 Å². The lowest BCUT2D eigenvalue weighted by Crippen LogP contribution is -2.54. The van der Waals surface area contributed by atoms with Crippen molar-refractivity contribution in [2.75, 3.05) is 9.62 Å². The number of anilines is 4. The highest BCUT2D eigenvalue weighted by molar-refractivity contribution is 6.86. The van der Waals surface area contributed by atoms with Crippen molar-refractivity contribution < 1.29 is 0 Å². The monoisotopic (exact) mass is 512 g/mol. The van der Waals surface area contributed by atoms with Gasteiger partial charge in [0.25, 0.3) is 0 Å². The first-order chi connectivity index (χ1) is 19.8. The maximum absolute atomic E-state index is 2.53. The summed E-state index contributed by atoms with van der Waals surface area (Å²) >= 11 is 0. The Balaban J connectivity index is 1.60. The van der Waals surface area contributed by atoms with Gasteiger partial charge in [0, 0.05) is 11.4 Å². The van der Waals surface area contributed by atoms with Crippen molar-refractivity contribution in [1.29, 1.82) is 0 Å². The molecular weight excluding hydrogens is 483 g/mol. The van der Waals surface area contributed by atoms with Crippen molar-refractivity contribution in [2.24, 2.45) is 0 Å². The molecule has 1 heterocycles. The highest BCUT2D eigenvalue weighted by Crippen LogP contribution is 2.48. The molecule has 3 heteroatoms. The van der Waals surface area contributed by atoms with Crippen LogP contribution in [0.15, 0.2) is 158 Å². The summed E-state index contributed by atoms with van der Waals surface area (Å²) in [5.41, 5.74) is 12.2. The van der Waals surface area contributed by atoms with E-state index in [-0.39, 0.29) is 6.98 Å². The number of hydrogen-bond donors (Lipinski definition) is 0. The van der Waals surface area contributed by atoms with Crippen molar-refractivity contribution in [3.8, 4) is 22.3 Å². The lowest BCUT2D eigenvalue weighted by Gasteiger charge is -2.33. The van der Waals surface area contributed by atoms with Crippen LogP contribution < -0.4 is 15.1 Å². The number of rotatable bonds is 5. The number of aryl methyl sites for hydroxylation is 1. The molecule has 190 valence electrons. The molecule has 1 aliphatic heterocycles. The van der Waals surface area contributed by atoms with Crippen LogP contribution in [0.3, 0.4) is 0 Å². The van der Waals surface area contributed by atoms with Gasteiger partial charge in [-0.25, -0.2) is 0 Å². The molecule has 2 nitrogen and oxygen atoms in total. The normalized spacial score (nSPS) is 12.5. The zero-order chi connectivity index (χ0) is 26.9. The maximum Gasteiger partial charge on any atom is 0.422 e. The molecule has 0 unspecified atom stereocenters. The van der Waals surface area contributed by atoms with Crippen molar-refractivity contribution in [3.05, 3.63) is 163 Å². The predicted octanol–water partition coefficient (Wildman–Crippen LogP) is 9.01. The Morgan fingerprint density at radius 1 is 0.425 bits per heavy atom. The van der Waals surface area contributed by atoms with E-state index >= 15 is 0 Å². The maximum atomic E-state index is 2.53. The van der Waals surface area contributed by atoms with Crippen molar-refractivity contribution >= 4 is 35.2 Å². The molecule has 0 atom stereocenters. The fourth-order valence-corrected chi connectivity index (χ4v) is 6.09. The highest BCUT2D eigenvalue weighted by Gasteiger charge is 2.46. The smallest absolute Gasteiger partial charge is 0.360 e. The van der Waals surface area contributed by atoms with Gasteiger partial charge >= 0.3 is 6.98 Å². The molecule has 0 N–H and O–H groups in total. The Labute approximate surface area is 236 Å². The molecular formula is C37H29BN2. The molecule has 0 spiro atoms. The van der Waals surface area contributed by atoms with Crippen LogP contribution in [0, 0.1) is 6.92 Å². The Bertz CT molecular complexity index is 1700. The minimum atomic E-state index is -0.118. The summed E-state index contributed by atoms with van der Waals surface area (Å²) in [6, 6.07) is 56.6. The number of benzene rings is 6. The summed E-state index contributed by atoms with van der Waals surface area (Å²) in [6.45, 7) is 2.11. The molecule has 0 radical (unpaired) electrons. The second kappa shape index (κ2) is 10.3. The van der Waals surface area contributed by atoms with Gasteiger partial charge in [0.1, 0.15) is 0 Å². The average Bonchev–Trinajstić information content (AvgIpc) is 3.38. The lowest BCUT2D eigenvalue weighted by molar-refractivity contribution is 1.36. The van der Waals surface area contributed by atoms with E-state index in [4.69, 9.17) is 0 Å². The van der Waals surface area contributed by atoms with E-state index in [1.165, 1.54) is 56.0 Å². The van der Waals surface area contributed by atoms with Gasteiger partial charge < -0.3 is 9.62 Å². The van der Waals surface area contributed by atoms with E-state index in [9.17, 15) is 0 Å². The molecule has 0 amide bonds. The average molecular weight is 512 g/mol. The molecule has 0 fully saturated rings. The van der Waals surface area contributed by atoms with Gasteiger partial charge in [-0.3, -0.25) is 0 Å². The highest BCUT2D eigenvalue weighted by atomic mass is 15.3. The number of para-hydroxylation sites is 3. The first-order valence-electron chi connectivity index (χ1n) is 13.8. The van der Waals surface area contributed by atoms with Crippen LogP contribution in [0.4, 0.5) is 22.7 Å². The van der Waals surface area contributed by atoms with Crippen LogP contribution in [0.1, 0.15) is 5.56 Å². The number of fused-ring (bicyclic) bond motifs is 1. The van der Waals surface area contributed by atoms with Gasteiger partial charge in [-0.15, -0.1) is 0 Å². The SMILES string of the molecule is Cc1cccc2c1N(c1ccccc1)B(c1c(-c3ccccc3)cccc1-c1ccccc1)N2c1ccccc1. The zero-order valence-electron chi connectivity index (χ0n) is 22.5. The Morgan fingerprint density at radius 3 is 1.40 bits per heavy atom. The van der Waals surface area contributed by atoms with Gasteiger partial charge in [-0.05, 0) is 70.5 Å². The molecule has 0 aromatic heterocycles. The molecule has 40 heavy (non-hydrogen) atoms. The molecule has 7 rings (SSSR count). The molecule has 0 bridgehead atoms. The number of hydrogen-bond acceptors (Lipinski definition) is 2. The predicted molar refractivity (Wildman–Crippen MR) is 171 cm³/mol. The van der Waals surface area contributed by atoms with Gasteiger partial charge in [-0.1, -0.05) is 127 Å². The summed E-state index contributed by atoms with van der Waals surface area (Å²) < 4.78 is 0. The number of nitrogens with zero attached hydrogens (tertiary/aromatic N) is 2. The van der Waals surface area contributed by atoms with E-state index in [1.54, 1.807) is 0 Å². The molecule has 0 aliphatic carbocycles. The van der Waals surface area contributed by atoms with Crippen LogP contribution in [-0.4, -0.2) is 6.98 Å². The third-order valence-corrected chi connectivity index (χ3v) is 7.81. The molecule has 1 aliphatic rings. The molecule has 6 aromatic rings. The largest absolute Gasteiger partial charge is 0.422 e. The van der Waals surface area contributed by atoms with Crippen LogP contribution in [0.5, 0.6) is 0 Å². The fourth-order valence-electron chi connectivity index (χ4n) is 6.09. The second-order valence-corrected chi connectivity index (χ2v) is 10.2. The van der Waals surface area contributed by atoms with Gasteiger partial charge in [0.05, 0.1) is 11.4 Å². The van der Waals surface area contributed by atoms with Crippen LogP contribution in [0.25, 0.3) is 22.3 Å². The molecule has 0 saturated carbocycles. The van der Waals surface area contributed by atoms with E-state index in [0.29, 0.717) is 0 Å². The second-order valence-electron chi connectivity index (χ2n) is 10.2. The Morgan fingerprint density at radius 2 is 0.875 bits per heavy atom. The molecule has 0 saturated heterocycles. The van der Waals surface area contributed by atoms with Gasteiger partial charge in [0.2, 0.25) is 0 Å². The van der Waals surface area contributed by atoms with Gasteiger partial charge in [-0.2, -0.15) is 0 Å². The zero-order valence-corrected chi connectivity index (χ0v) is 22.5. The van der Waals surface area contributed by atoms with E-state index in [0.717, 1.165) is 0 Å². The third kappa shape index (κ3) is 4.08. The summed E-state index contributed by atoms with van der Waals surface area (Å²) in [7, 11) is 0. The minimum Gasteiger partial charge on any atom is -0.360 e. The van der Waals surface area contributed by atoms with E-state index in [2.05, 4.69) is 174 Å². The summed E-state index contributed by atoms with van der Waals surface area (Å²) in [5, 5.41) is 0. The first-order valence-corrected chi connectivity index (χ1v) is 13.8. The van der Waals surface area contributed by atoms with Crippen LogP contribution in [0.2, 0.25) is 0 Å².